The van der Waals surface area contributed by atoms with Crippen LogP contribution in [0.15, 0.2) is 39.6 Å². The first-order valence-corrected chi connectivity index (χ1v) is 34.7. The average Bonchev–Trinajstić information content (AvgIpc) is 0.936. The summed E-state index contributed by atoms with van der Waals surface area (Å²) in [5.74, 6) is -0.593. The van der Waals surface area contributed by atoms with Crippen molar-refractivity contribution in [3.05, 3.63) is 61.2 Å². The summed E-state index contributed by atoms with van der Waals surface area (Å²) in [5, 5.41) is 19.3. The number of ether oxygens (including phenoxy) is 10. The van der Waals surface area contributed by atoms with Crippen molar-refractivity contribution in [1.29, 1.82) is 0 Å². The van der Waals surface area contributed by atoms with E-state index in [1.54, 1.807) is 45.0 Å². The number of carbonyl (C=O) groups excluding carboxylic acids is 5. The molecule has 1 aromatic carbocycles. The predicted octanol–water partition coefficient (Wildman–Crippen LogP) is 15.9. The van der Waals surface area contributed by atoms with Gasteiger partial charge in [-0.05, 0) is 171 Å². The van der Waals surface area contributed by atoms with Crippen LogP contribution in [-0.4, -0.2) is 157 Å². The van der Waals surface area contributed by atoms with E-state index in [9.17, 15) is 24.0 Å². The maximum absolute atomic E-state index is 12.4. The molecule has 0 radical (unpaired) electrons. The van der Waals surface area contributed by atoms with Crippen LogP contribution in [0.3, 0.4) is 0 Å². The van der Waals surface area contributed by atoms with Crippen LogP contribution in [0.25, 0.3) is 31.3 Å². The largest absolute Gasteiger partial charge is 0.491 e. The van der Waals surface area contributed by atoms with Crippen molar-refractivity contribution >= 4 is 29.7 Å². The van der Waals surface area contributed by atoms with Gasteiger partial charge in [-0.2, -0.15) is 0 Å². The van der Waals surface area contributed by atoms with Gasteiger partial charge in [-0.15, -0.1) is 0 Å². The van der Waals surface area contributed by atoms with Crippen LogP contribution in [0.1, 0.15) is 252 Å². The van der Waals surface area contributed by atoms with E-state index < -0.39 is 35.9 Å². The highest BCUT2D eigenvalue weighted by Crippen LogP contribution is 2.24. The van der Waals surface area contributed by atoms with Crippen LogP contribution in [-0.2, 0) is 61.8 Å². The predicted molar refractivity (Wildman–Crippen MR) is 380 cm³/mol. The van der Waals surface area contributed by atoms with E-state index in [1.807, 2.05) is 55.4 Å². The molecule has 0 fully saturated rings. The monoisotopic (exact) mass is 1380 g/mol. The van der Waals surface area contributed by atoms with Gasteiger partial charge in [0, 0.05) is 71.6 Å². The molecular formula is C70H130N12O15. The van der Waals surface area contributed by atoms with Gasteiger partial charge in [0.25, 0.3) is 5.91 Å². The Labute approximate surface area is 582 Å². The van der Waals surface area contributed by atoms with Gasteiger partial charge in [-0.25, -0.2) is 4.79 Å². The summed E-state index contributed by atoms with van der Waals surface area (Å²) >= 11 is 0. The minimum absolute atomic E-state index is 0.00231. The lowest BCUT2D eigenvalue weighted by atomic mass is 9.89. The Kier molecular flexibility index (Phi) is 54.8. The molecule has 0 aliphatic rings. The fraction of sp³-hybridized carbons (Fsp3) is 0.843. The third kappa shape index (κ3) is 71.1. The lowest BCUT2D eigenvalue weighted by Crippen LogP contribution is -2.42. The van der Waals surface area contributed by atoms with Crippen molar-refractivity contribution in [3.8, 4) is 5.75 Å². The fourth-order valence-electron chi connectivity index (χ4n) is 8.15. The second-order valence-corrected chi connectivity index (χ2v) is 29.6. The fourth-order valence-corrected chi connectivity index (χ4v) is 8.15. The van der Waals surface area contributed by atoms with Gasteiger partial charge in [0.1, 0.15) is 36.8 Å². The Balaban J connectivity index is -0.00000135. The Bertz CT molecular complexity index is 2400. The van der Waals surface area contributed by atoms with Gasteiger partial charge in [0.05, 0.1) is 39.6 Å². The number of rotatable bonds is 47. The Morgan fingerprint density at radius 1 is 0.454 bits per heavy atom. The lowest BCUT2D eigenvalue weighted by molar-refractivity contribution is -0.161. The smallest absolute Gasteiger partial charge is 0.332 e. The van der Waals surface area contributed by atoms with Gasteiger partial charge in [-0.1, -0.05) is 130 Å². The molecule has 560 valence electrons. The molecule has 27 heteroatoms. The number of hydrogen-bond donors (Lipinski definition) is 3. The number of azide groups is 3. The zero-order valence-corrected chi connectivity index (χ0v) is 63.4. The second kappa shape index (κ2) is 55.8. The van der Waals surface area contributed by atoms with E-state index in [-0.39, 0.29) is 99.5 Å². The number of carbonyl (C=O) groups is 5. The molecule has 0 aliphatic carbocycles. The van der Waals surface area contributed by atoms with Crippen molar-refractivity contribution in [2.45, 2.75) is 277 Å². The number of unbranched alkanes of at least 4 members (excludes halogenated alkanes) is 6. The molecule has 1 rings (SSSR count). The van der Waals surface area contributed by atoms with Crippen molar-refractivity contribution in [1.82, 2.24) is 16.0 Å². The maximum Gasteiger partial charge on any atom is 0.332 e. The molecule has 3 atom stereocenters. The Morgan fingerprint density at radius 3 is 1.40 bits per heavy atom. The van der Waals surface area contributed by atoms with Crippen molar-refractivity contribution < 1.29 is 71.3 Å². The number of esters is 2. The van der Waals surface area contributed by atoms with E-state index in [0.717, 1.165) is 38.5 Å². The molecule has 0 saturated carbocycles. The summed E-state index contributed by atoms with van der Waals surface area (Å²) in [6, 6.07) is 6.77. The van der Waals surface area contributed by atoms with E-state index in [4.69, 9.17) is 64.0 Å². The topological polar surface area (TPSA) is 360 Å². The molecule has 97 heavy (non-hydrogen) atoms. The maximum atomic E-state index is 12.4. The van der Waals surface area contributed by atoms with Crippen molar-refractivity contribution in [3.63, 3.8) is 0 Å². The van der Waals surface area contributed by atoms with Gasteiger partial charge < -0.3 is 63.3 Å². The molecule has 0 aromatic heterocycles. The summed E-state index contributed by atoms with van der Waals surface area (Å²) in [7, 11) is 0. The highest BCUT2D eigenvalue weighted by Gasteiger charge is 2.20. The zero-order valence-electron chi connectivity index (χ0n) is 63.4. The van der Waals surface area contributed by atoms with E-state index in [2.05, 4.69) is 108 Å². The van der Waals surface area contributed by atoms with Crippen molar-refractivity contribution in [2.75, 3.05) is 92.4 Å². The third-order valence-electron chi connectivity index (χ3n) is 12.5. The molecular weight excluding hydrogens is 1250 g/mol. The highest BCUT2D eigenvalue weighted by atomic mass is 16.6. The van der Waals surface area contributed by atoms with E-state index >= 15 is 0 Å². The zero-order chi connectivity index (χ0) is 74.3. The number of hydrogen-bond acceptors (Lipinski definition) is 18. The van der Waals surface area contributed by atoms with Crippen molar-refractivity contribution in [2.24, 2.45) is 31.6 Å². The summed E-state index contributed by atoms with van der Waals surface area (Å²) in [4.78, 5) is 67.4. The highest BCUT2D eigenvalue weighted by molar-refractivity contribution is 5.94. The molecule has 3 N–H and O–H groups in total. The minimum Gasteiger partial charge on any atom is -0.491 e. The number of nitrogens with zero attached hydrogens (tertiary/aromatic N) is 9. The minimum atomic E-state index is -0.883. The third-order valence-corrected chi connectivity index (χ3v) is 12.5. The first kappa shape index (κ1) is 95.2. The second-order valence-electron chi connectivity index (χ2n) is 29.6. The summed E-state index contributed by atoms with van der Waals surface area (Å²) in [6.07, 6.45) is 12.9. The Hall–Kier alpha value is -5.98. The van der Waals surface area contributed by atoms with E-state index in [0.29, 0.717) is 81.7 Å². The number of benzene rings is 1. The number of nitrogens with one attached hydrogen (secondary N) is 3. The van der Waals surface area contributed by atoms with Crippen LogP contribution in [0.2, 0.25) is 0 Å². The van der Waals surface area contributed by atoms with Gasteiger partial charge in [0.15, 0.2) is 18.7 Å². The van der Waals surface area contributed by atoms with Gasteiger partial charge >= 0.3 is 11.9 Å². The molecule has 0 spiro atoms. The first-order valence-electron chi connectivity index (χ1n) is 34.7. The van der Waals surface area contributed by atoms with Crippen LogP contribution in [0.4, 0.5) is 0 Å². The number of amides is 3. The average molecular weight is 1380 g/mol. The summed E-state index contributed by atoms with van der Waals surface area (Å²) in [6.45, 7) is 43.8. The molecule has 0 bridgehead atoms. The molecule has 0 aliphatic heterocycles. The quantitative estimate of drug-likeness (QED) is 0.0179. The SMILES string of the molecule is CC.CC(C)(C)CCCCCCCCOCC(N=[N+]=[N-])OCCCCC(=O)OC(C)(C)C.CC(C)(C)CCCNC(=O)CCCOCC(N=[N+]=[N-])OCCOCC(=O)OC(C)(C)C.CC(C)(C)CCCNC(=O)c1cccc(OCC(N=[N+]=[N-])OCCOCC(=O)NC(C)(C)C)c1. The molecule has 3 unspecified atom stereocenters. The summed E-state index contributed by atoms with van der Waals surface area (Å²) < 4.78 is 54.0. The normalized spacial score (nSPS) is 12.5. The lowest BCUT2D eigenvalue weighted by Gasteiger charge is -2.20. The molecule has 0 saturated heterocycles. The molecule has 3 amide bonds. The van der Waals surface area contributed by atoms with Gasteiger partial charge in [-0.3, -0.25) is 19.2 Å². The van der Waals surface area contributed by atoms with Gasteiger partial charge in [0.2, 0.25) is 11.8 Å². The first-order chi connectivity index (χ1) is 45.4. The molecule has 27 nitrogen and oxygen atoms in total. The van der Waals surface area contributed by atoms with Crippen LogP contribution < -0.4 is 20.7 Å². The van der Waals surface area contributed by atoms with Crippen LogP contribution in [0, 0.1) is 16.2 Å². The van der Waals surface area contributed by atoms with E-state index in [1.165, 1.54) is 32.1 Å². The standard InChI is InChI=1S/C24H39N5O5.C23H45N3O4.C21H40N4O6.C2H6/c1-23(2,3)11-8-12-26-22(31)18-9-7-10-19(15-18)34-17-21(28-29-25)33-14-13-32-16-20(30)27-24(4,5)6;1-22(2,3)16-12-9-7-8-10-13-17-28-19-20(25-26-24)29-18-14-11-15-21(27)30-23(4,5)6;1-20(2,3)10-8-11-23-17(26)9-7-12-28-15-18(24-25-22)30-14-13-29-16-19(27)31-21(4,5)6;1-2/h7,9-10,15,21H,8,11-14,16-17H2,1-6H3,(H,26,31)(H,27,30);20H,7-19H2,1-6H3;18H,7-16H2,1-6H3,(H,23,26);1-2H3. The summed E-state index contributed by atoms with van der Waals surface area (Å²) in [5.41, 5.74) is 26.2. The molecule has 1 aromatic rings. The molecule has 0 heterocycles. The Morgan fingerprint density at radius 2 is 0.897 bits per heavy atom. The van der Waals surface area contributed by atoms with Crippen LogP contribution in [0.5, 0.6) is 5.75 Å². The van der Waals surface area contributed by atoms with Crippen LogP contribution >= 0.6 is 0 Å².